The van der Waals surface area contributed by atoms with E-state index in [1.54, 1.807) is 0 Å². The van der Waals surface area contributed by atoms with Gasteiger partial charge in [-0.05, 0) is 37.8 Å². The predicted molar refractivity (Wildman–Crippen MR) is 65.5 cm³/mol. The lowest BCUT2D eigenvalue weighted by molar-refractivity contribution is -0.122. The number of rotatable bonds is 5. The Morgan fingerprint density at radius 1 is 1.72 bits per heavy atom. The largest absolute Gasteiger partial charge is 0.349 e. The van der Waals surface area contributed by atoms with Crippen molar-refractivity contribution in [2.45, 2.75) is 32.7 Å². The third kappa shape index (κ3) is 3.80. The Hall–Kier alpha value is -1.43. The van der Waals surface area contributed by atoms with Crippen molar-refractivity contribution in [3.8, 4) is 0 Å². The van der Waals surface area contributed by atoms with Gasteiger partial charge in [0.2, 0.25) is 12.3 Å². The fourth-order valence-electron chi connectivity index (χ4n) is 2.34. The molecular weight excluding hydrogens is 232 g/mol. The molecule has 0 bridgehead atoms. The highest BCUT2D eigenvalue weighted by atomic mass is 16.5. The topological polar surface area (TPSA) is 80.1 Å². The lowest BCUT2D eigenvalue weighted by atomic mass is 9.85. The summed E-state index contributed by atoms with van der Waals surface area (Å²) in [5.74, 6) is 1.57. The first-order chi connectivity index (χ1) is 8.75. The van der Waals surface area contributed by atoms with Gasteiger partial charge >= 0.3 is 0 Å². The fraction of sp³-hybridized carbons (Fsp3) is 0.750. The minimum absolute atomic E-state index is 0.0536. The van der Waals surface area contributed by atoms with E-state index in [0.717, 1.165) is 13.1 Å². The Morgan fingerprint density at radius 3 is 3.28 bits per heavy atom. The van der Waals surface area contributed by atoms with Crippen LogP contribution in [0.25, 0.3) is 0 Å². The number of carbonyl (C=O) groups excluding carboxylic acids is 1. The molecule has 1 aromatic heterocycles. The van der Waals surface area contributed by atoms with Gasteiger partial charge in [0.15, 0.2) is 5.82 Å². The number of carbonyl (C=O) groups is 1. The highest BCUT2D eigenvalue weighted by Gasteiger charge is 2.21. The van der Waals surface area contributed by atoms with Crippen LogP contribution in [0.2, 0.25) is 0 Å². The molecule has 2 rings (SSSR count). The maximum absolute atomic E-state index is 11.8. The zero-order valence-electron chi connectivity index (χ0n) is 10.7. The van der Waals surface area contributed by atoms with E-state index in [4.69, 9.17) is 0 Å². The molecule has 0 spiro atoms. The molecule has 18 heavy (non-hydrogen) atoms. The summed E-state index contributed by atoms with van der Waals surface area (Å²) in [6, 6.07) is 0. The summed E-state index contributed by atoms with van der Waals surface area (Å²) in [6.07, 6.45) is 4.24. The molecule has 6 heteroatoms. The molecule has 1 aliphatic heterocycles. The summed E-state index contributed by atoms with van der Waals surface area (Å²) in [4.78, 5) is 15.6. The molecule has 1 aromatic rings. The Morgan fingerprint density at radius 2 is 2.61 bits per heavy atom. The molecule has 0 radical (unpaired) electrons. The smallest absolute Gasteiger partial charge is 0.220 e. The van der Waals surface area contributed by atoms with Gasteiger partial charge in [-0.15, -0.1) is 0 Å². The number of hydrogen-bond acceptors (Lipinski definition) is 5. The normalized spacial score (nSPS) is 21.5. The molecule has 0 aromatic carbocycles. The van der Waals surface area contributed by atoms with Gasteiger partial charge in [-0.1, -0.05) is 12.1 Å². The van der Waals surface area contributed by atoms with E-state index in [1.807, 2.05) is 0 Å². The number of nitrogens with one attached hydrogen (secondary N) is 2. The van der Waals surface area contributed by atoms with Crippen LogP contribution in [0.1, 0.15) is 32.0 Å². The molecule has 2 N–H and O–H groups in total. The Labute approximate surface area is 107 Å². The average Bonchev–Trinajstić information content (AvgIpc) is 2.90. The van der Waals surface area contributed by atoms with Gasteiger partial charge in [0.1, 0.15) is 0 Å². The molecule has 2 heterocycles. The molecule has 1 aliphatic rings. The first kappa shape index (κ1) is 13.0. The van der Waals surface area contributed by atoms with E-state index in [-0.39, 0.29) is 5.91 Å². The van der Waals surface area contributed by atoms with Crippen molar-refractivity contribution >= 4 is 5.91 Å². The third-order valence-electron chi connectivity index (χ3n) is 3.50. The minimum atomic E-state index is 0.0536. The predicted octanol–water partition coefficient (Wildman–Crippen LogP) is 0.712. The quantitative estimate of drug-likeness (QED) is 0.806. The van der Waals surface area contributed by atoms with Crippen molar-refractivity contribution in [3.63, 3.8) is 0 Å². The van der Waals surface area contributed by atoms with Crippen LogP contribution in [0, 0.1) is 11.8 Å². The fourth-order valence-corrected chi connectivity index (χ4v) is 2.34. The second-order valence-corrected chi connectivity index (χ2v) is 4.91. The standard InChI is InChI=1S/C12H20N4O2/c1-9(10-3-2-4-13-6-10)5-12(17)14-7-11-15-8-18-16-11/h8-10,13H,2-7H2,1H3,(H,14,17). The second-order valence-electron chi connectivity index (χ2n) is 4.91. The van der Waals surface area contributed by atoms with Gasteiger partial charge < -0.3 is 15.2 Å². The second kappa shape index (κ2) is 6.49. The molecule has 0 aliphatic carbocycles. The Bertz CT molecular complexity index is 360. The van der Waals surface area contributed by atoms with Crippen molar-refractivity contribution in [1.29, 1.82) is 0 Å². The molecule has 0 saturated carbocycles. The van der Waals surface area contributed by atoms with Crippen molar-refractivity contribution in [3.05, 3.63) is 12.2 Å². The SMILES string of the molecule is CC(CC(=O)NCc1ncon1)C1CCCNC1. The van der Waals surface area contributed by atoms with E-state index in [2.05, 4.69) is 32.2 Å². The highest BCUT2D eigenvalue weighted by molar-refractivity contribution is 5.76. The number of aromatic nitrogens is 2. The maximum atomic E-state index is 11.8. The zero-order valence-corrected chi connectivity index (χ0v) is 10.7. The van der Waals surface area contributed by atoms with Crippen LogP contribution in [-0.2, 0) is 11.3 Å². The third-order valence-corrected chi connectivity index (χ3v) is 3.50. The van der Waals surface area contributed by atoms with Crippen LogP contribution < -0.4 is 10.6 Å². The summed E-state index contributed by atoms with van der Waals surface area (Å²) in [5, 5.41) is 9.84. The van der Waals surface area contributed by atoms with Crippen LogP contribution in [0.5, 0.6) is 0 Å². The molecule has 1 fully saturated rings. The lowest BCUT2D eigenvalue weighted by Gasteiger charge is -2.27. The Balaban J connectivity index is 1.69. The van der Waals surface area contributed by atoms with Gasteiger partial charge in [-0.25, -0.2) is 0 Å². The zero-order chi connectivity index (χ0) is 12.8. The van der Waals surface area contributed by atoms with E-state index in [0.29, 0.717) is 30.6 Å². The summed E-state index contributed by atoms with van der Waals surface area (Å²) in [7, 11) is 0. The molecule has 2 unspecified atom stereocenters. The highest BCUT2D eigenvalue weighted by Crippen LogP contribution is 2.22. The van der Waals surface area contributed by atoms with E-state index in [9.17, 15) is 4.79 Å². The monoisotopic (exact) mass is 252 g/mol. The summed E-state index contributed by atoms with van der Waals surface area (Å²) < 4.78 is 4.60. The van der Waals surface area contributed by atoms with Gasteiger partial charge in [0.25, 0.3) is 0 Å². The number of amides is 1. The molecule has 6 nitrogen and oxygen atoms in total. The summed E-state index contributed by atoms with van der Waals surface area (Å²) >= 11 is 0. The van der Waals surface area contributed by atoms with Crippen molar-refractivity contribution in [2.75, 3.05) is 13.1 Å². The van der Waals surface area contributed by atoms with Crippen molar-refractivity contribution in [1.82, 2.24) is 20.8 Å². The van der Waals surface area contributed by atoms with Gasteiger partial charge in [-0.2, -0.15) is 4.98 Å². The summed E-state index contributed by atoms with van der Waals surface area (Å²) in [6.45, 7) is 4.61. The summed E-state index contributed by atoms with van der Waals surface area (Å²) in [5.41, 5.74) is 0. The molecule has 1 amide bonds. The lowest BCUT2D eigenvalue weighted by Crippen LogP contribution is -2.35. The first-order valence-electron chi connectivity index (χ1n) is 6.48. The number of piperidine rings is 1. The van der Waals surface area contributed by atoms with Crippen LogP contribution >= 0.6 is 0 Å². The number of nitrogens with zero attached hydrogens (tertiary/aromatic N) is 2. The minimum Gasteiger partial charge on any atom is -0.349 e. The molecule has 2 atom stereocenters. The van der Waals surface area contributed by atoms with Crippen molar-refractivity contribution in [2.24, 2.45) is 11.8 Å². The van der Waals surface area contributed by atoms with Gasteiger partial charge in [0, 0.05) is 6.42 Å². The van der Waals surface area contributed by atoms with Gasteiger partial charge in [-0.3, -0.25) is 4.79 Å². The molecule has 1 saturated heterocycles. The first-order valence-corrected chi connectivity index (χ1v) is 6.48. The van der Waals surface area contributed by atoms with E-state index >= 15 is 0 Å². The van der Waals surface area contributed by atoms with Crippen LogP contribution in [0.3, 0.4) is 0 Å². The van der Waals surface area contributed by atoms with Gasteiger partial charge in [0.05, 0.1) is 6.54 Å². The average molecular weight is 252 g/mol. The molecular formula is C12H20N4O2. The number of hydrogen-bond donors (Lipinski definition) is 2. The van der Waals surface area contributed by atoms with Crippen LogP contribution in [0.4, 0.5) is 0 Å². The Kier molecular flexibility index (Phi) is 4.69. The van der Waals surface area contributed by atoms with Crippen LogP contribution in [-0.4, -0.2) is 29.1 Å². The maximum Gasteiger partial charge on any atom is 0.220 e. The van der Waals surface area contributed by atoms with E-state index < -0.39 is 0 Å². The van der Waals surface area contributed by atoms with Crippen LogP contribution in [0.15, 0.2) is 10.9 Å². The van der Waals surface area contributed by atoms with Crippen molar-refractivity contribution < 1.29 is 9.32 Å². The van der Waals surface area contributed by atoms with E-state index in [1.165, 1.54) is 19.2 Å². The molecule has 100 valence electrons.